The molecule has 0 saturated carbocycles. The number of unbranched alkanes of at least 4 members (excludes halogenated alkanes) is 1. The van der Waals surface area contributed by atoms with E-state index in [1.54, 1.807) is 42.5 Å². The van der Waals surface area contributed by atoms with Gasteiger partial charge in [-0.2, -0.15) is 0 Å². The molecular formula is C35H37ClFN3O4S. The lowest BCUT2D eigenvalue weighted by Crippen LogP contribution is -2.53. The van der Waals surface area contributed by atoms with Crippen molar-refractivity contribution in [3.8, 4) is 0 Å². The Kier molecular flexibility index (Phi) is 11.7. The first-order valence-corrected chi connectivity index (χ1v) is 16.6. The van der Waals surface area contributed by atoms with Crippen LogP contribution in [0.4, 0.5) is 10.1 Å². The van der Waals surface area contributed by atoms with E-state index < -0.39 is 34.3 Å². The molecule has 0 spiro atoms. The molecule has 4 rings (SSSR count). The Bertz CT molecular complexity index is 1680. The number of nitrogens with zero attached hydrogens (tertiary/aromatic N) is 2. The van der Waals surface area contributed by atoms with Crippen LogP contribution in [0.25, 0.3) is 0 Å². The van der Waals surface area contributed by atoms with Crippen LogP contribution in [0, 0.1) is 12.7 Å². The van der Waals surface area contributed by atoms with Crippen LogP contribution in [-0.4, -0.2) is 44.3 Å². The molecule has 10 heteroatoms. The standard InChI is InChI=1S/C35H37ClFN3O4S/c1-3-4-22-38-35(42)33(23-27-10-6-5-7-11-27)39(24-28-16-18-29(37)19-17-28)34(41)25-40(32-13-9-8-12-31(32)36)45(43,44)30-20-14-26(2)15-21-30/h5-21,33H,3-4,22-25H2,1-2H3,(H,38,42)/t33-/m0/s1. The van der Waals surface area contributed by atoms with Crippen molar-refractivity contribution in [2.24, 2.45) is 0 Å². The van der Waals surface area contributed by atoms with E-state index in [1.165, 1.54) is 35.2 Å². The van der Waals surface area contributed by atoms with Crippen molar-refractivity contribution in [2.45, 2.75) is 50.6 Å². The number of aryl methyl sites for hydroxylation is 1. The molecule has 4 aromatic carbocycles. The molecule has 7 nitrogen and oxygen atoms in total. The summed E-state index contributed by atoms with van der Waals surface area (Å²) in [5, 5.41) is 3.09. The maximum atomic E-state index is 14.4. The topological polar surface area (TPSA) is 86.8 Å². The molecule has 0 aliphatic heterocycles. The van der Waals surface area contributed by atoms with Gasteiger partial charge in [0.25, 0.3) is 10.0 Å². The fraction of sp³-hybridized carbons (Fsp3) is 0.257. The van der Waals surface area contributed by atoms with Crippen molar-refractivity contribution < 1.29 is 22.4 Å². The Morgan fingerprint density at radius 1 is 0.867 bits per heavy atom. The van der Waals surface area contributed by atoms with Crippen LogP contribution < -0.4 is 9.62 Å². The number of halogens is 2. The molecule has 0 radical (unpaired) electrons. The van der Waals surface area contributed by atoms with Gasteiger partial charge in [-0.3, -0.25) is 13.9 Å². The zero-order valence-electron chi connectivity index (χ0n) is 25.3. The highest BCUT2D eigenvalue weighted by Crippen LogP contribution is 2.31. The van der Waals surface area contributed by atoms with Gasteiger partial charge in [0, 0.05) is 19.5 Å². The predicted molar refractivity (Wildman–Crippen MR) is 176 cm³/mol. The monoisotopic (exact) mass is 649 g/mol. The summed E-state index contributed by atoms with van der Waals surface area (Å²) in [7, 11) is -4.27. The molecule has 45 heavy (non-hydrogen) atoms. The van der Waals surface area contributed by atoms with Gasteiger partial charge in [0.15, 0.2) is 0 Å². The molecule has 0 bridgehead atoms. The largest absolute Gasteiger partial charge is 0.354 e. The summed E-state index contributed by atoms with van der Waals surface area (Å²) in [5.41, 5.74) is 2.40. The summed E-state index contributed by atoms with van der Waals surface area (Å²) in [4.78, 5) is 29.5. The number of rotatable bonds is 14. The first kappa shape index (κ1) is 33.7. The molecule has 0 aromatic heterocycles. The van der Waals surface area contributed by atoms with Gasteiger partial charge in [-0.1, -0.05) is 97.2 Å². The zero-order chi connectivity index (χ0) is 32.4. The summed E-state index contributed by atoms with van der Waals surface area (Å²) in [6.45, 7) is 3.59. The molecule has 0 aliphatic rings. The van der Waals surface area contributed by atoms with Crippen LogP contribution in [0.1, 0.15) is 36.5 Å². The quantitative estimate of drug-likeness (QED) is 0.157. The number of hydrogen-bond acceptors (Lipinski definition) is 4. The number of para-hydroxylation sites is 1. The van der Waals surface area contributed by atoms with Gasteiger partial charge >= 0.3 is 0 Å². The van der Waals surface area contributed by atoms with Gasteiger partial charge in [0.1, 0.15) is 18.4 Å². The van der Waals surface area contributed by atoms with Gasteiger partial charge in [-0.15, -0.1) is 0 Å². The van der Waals surface area contributed by atoms with Gasteiger partial charge in [0.05, 0.1) is 15.6 Å². The number of benzene rings is 4. The summed E-state index contributed by atoms with van der Waals surface area (Å²) in [5.74, 6) is -1.43. The summed E-state index contributed by atoms with van der Waals surface area (Å²) in [6.07, 6.45) is 1.80. The maximum absolute atomic E-state index is 14.4. The third kappa shape index (κ3) is 8.93. The molecule has 1 atom stereocenters. The molecule has 0 heterocycles. The van der Waals surface area contributed by atoms with Crippen LogP contribution in [0.5, 0.6) is 0 Å². The molecule has 236 valence electrons. The number of amides is 2. The smallest absolute Gasteiger partial charge is 0.264 e. The van der Waals surface area contributed by atoms with Crippen LogP contribution >= 0.6 is 11.6 Å². The average molecular weight is 650 g/mol. The first-order chi connectivity index (χ1) is 21.6. The molecule has 0 aliphatic carbocycles. The lowest BCUT2D eigenvalue weighted by Gasteiger charge is -2.34. The minimum atomic E-state index is -4.27. The van der Waals surface area contributed by atoms with E-state index in [4.69, 9.17) is 11.6 Å². The molecule has 2 amide bonds. The highest BCUT2D eigenvalue weighted by molar-refractivity contribution is 7.92. The van der Waals surface area contributed by atoms with E-state index in [0.29, 0.717) is 12.1 Å². The zero-order valence-corrected chi connectivity index (χ0v) is 26.9. The molecule has 0 saturated heterocycles. The van der Waals surface area contributed by atoms with Crippen molar-refractivity contribution in [1.82, 2.24) is 10.2 Å². The van der Waals surface area contributed by atoms with Crippen molar-refractivity contribution in [3.63, 3.8) is 0 Å². The molecule has 4 aromatic rings. The van der Waals surface area contributed by atoms with Crippen molar-refractivity contribution in [2.75, 3.05) is 17.4 Å². The van der Waals surface area contributed by atoms with Crippen molar-refractivity contribution >= 4 is 39.1 Å². The summed E-state index contributed by atoms with van der Waals surface area (Å²) >= 11 is 6.51. The van der Waals surface area contributed by atoms with E-state index in [9.17, 15) is 22.4 Å². The Morgan fingerprint density at radius 3 is 2.16 bits per heavy atom. The average Bonchev–Trinajstić information content (AvgIpc) is 3.03. The van der Waals surface area contributed by atoms with Crippen molar-refractivity contribution in [3.05, 3.63) is 131 Å². The maximum Gasteiger partial charge on any atom is 0.264 e. The second-order valence-electron chi connectivity index (χ2n) is 10.8. The predicted octanol–water partition coefficient (Wildman–Crippen LogP) is 6.54. The normalized spacial score (nSPS) is 11.9. The number of hydrogen-bond donors (Lipinski definition) is 1. The molecule has 0 unspecified atom stereocenters. The van der Waals surface area contributed by atoms with E-state index >= 15 is 0 Å². The van der Waals surface area contributed by atoms with Crippen molar-refractivity contribution in [1.29, 1.82) is 0 Å². The highest BCUT2D eigenvalue weighted by Gasteiger charge is 2.35. The minimum absolute atomic E-state index is 0.0101. The number of carbonyl (C=O) groups is 2. The fourth-order valence-electron chi connectivity index (χ4n) is 4.85. The third-order valence-corrected chi connectivity index (χ3v) is 9.47. The number of sulfonamides is 1. The number of anilines is 1. The van der Waals surface area contributed by atoms with Crippen LogP contribution in [0.2, 0.25) is 5.02 Å². The van der Waals surface area contributed by atoms with Crippen LogP contribution in [0.3, 0.4) is 0 Å². The highest BCUT2D eigenvalue weighted by atomic mass is 35.5. The van der Waals surface area contributed by atoms with Gasteiger partial charge in [-0.25, -0.2) is 12.8 Å². The molecule has 1 N–H and O–H groups in total. The van der Waals surface area contributed by atoms with E-state index in [1.807, 2.05) is 44.2 Å². The fourth-order valence-corrected chi connectivity index (χ4v) is 6.57. The van der Waals surface area contributed by atoms with Crippen LogP contribution in [0.15, 0.2) is 108 Å². The Labute approximate surface area is 269 Å². The lowest BCUT2D eigenvalue weighted by atomic mass is 10.0. The summed E-state index contributed by atoms with van der Waals surface area (Å²) < 4.78 is 43.0. The Balaban J connectivity index is 1.79. The molecule has 0 fully saturated rings. The van der Waals surface area contributed by atoms with Gasteiger partial charge in [0.2, 0.25) is 11.8 Å². The van der Waals surface area contributed by atoms with E-state index in [2.05, 4.69) is 5.32 Å². The van der Waals surface area contributed by atoms with Gasteiger partial charge in [-0.05, 0) is 60.9 Å². The SMILES string of the molecule is CCCCNC(=O)[C@H](Cc1ccccc1)N(Cc1ccc(F)cc1)C(=O)CN(c1ccccc1Cl)S(=O)(=O)c1ccc(C)cc1. The lowest BCUT2D eigenvalue weighted by molar-refractivity contribution is -0.140. The second-order valence-corrected chi connectivity index (χ2v) is 13.0. The molecular weight excluding hydrogens is 613 g/mol. The van der Waals surface area contributed by atoms with E-state index in [-0.39, 0.29) is 34.5 Å². The Morgan fingerprint density at radius 2 is 1.51 bits per heavy atom. The number of nitrogens with one attached hydrogen (secondary N) is 1. The Hall–Kier alpha value is -4.21. The number of carbonyl (C=O) groups excluding carboxylic acids is 2. The third-order valence-electron chi connectivity index (χ3n) is 7.38. The van der Waals surface area contributed by atoms with Crippen LogP contribution in [-0.2, 0) is 32.6 Å². The van der Waals surface area contributed by atoms with Gasteiger partial charge < -0.3 is 10.2 Å². The second kappa shape index (κ2) is 15.7. The summed E-state index contributed by atoms with van der Waals surface area (Å²) in [6, 6.07) is 26.6. The minimum Gasteiger partial charge on any atom is -0.354 e. The first-order valence-electron chi connectivity index (χ1n) is 14.8. The van der Waals surface area contributed by atoms with E-state index in [0.717, 1.165) is 28.3 Å².